The van der Waals surface area contributed by atoms with Gasteiger partial charge in [0.1, 0.15) is 4.88 Å². The molecule has 1 amide bonds. The van der Waals surface area contributed by atoms with E-state index >= 15 is 0 Å². The Bertz CT molecular complexity index is 577. The van der Waals surface area contributed by atoms with Crippen LogP contribution in [0, 0.1) is 5.92 Å². The summed E-state index contributed by atoms with van der Waals surface area (Å²) in [5.41, 5.74) is 6.61. The van der Waals surface area contributed by atoms with Gasteiger partial charge in [-0.2, -0.15) is 0 Å². The quantitative estimate of drug-likeness (QED) is 0.926. The van der Waals surface area contributed by atoms with Crippen LogP contribution in [-0.2, 0) is 0 Å². The largest absolute Gasteiger partial charge is 0.397 e. The van der Waals surface area contributed by atoms with Crippen molar-refractivity contribution in [1.82, 2.24) is 9.88 Å². The molecule has 4 nitrogen and oxygen atoms in total. The van der Waals surface area contributed by atoms with Crippen LogP contribution in [0.2, 0.25) is 0 Å². The van der Waals surface area contributed by atoms with Crippen LogP contribution in [0.5, 0.6) is 0 Å². The first-order valence-corrected chi connectivity index (χ1v) is 6.69. The second kappa shape index (κ2) is 4.94. The molecule has 0 spiro atoms. The maximum atomic E-state index is 12.3. The Hall–Kier alpha value is -1.62. The first-order chi connectivity index (χ1) is 8.50. The summed E-state index contributed by atoms with van der Waals surface area (Å²) in [7, 11) is 1.81. The number of anilines is 1. The highest BCUT2D eigenvalue weighted by Gasteiger charge is 2.20. The van der Waals surface area contributed by atoms with Gasteiger partial charge in [0, 0.05) is 31.4 Å². The van der Waals surface area contributed by atoms with Gasteiger partial charge in [0.15, 0.2) is 0 Å². The van der Waals surface area contributed by atoms with E-state index in [1.807, 2.05) is 13.1 Å². The van der Waals surface area contributed by atoms with Crippen molar-refractivity contribution in [2.24, 2.45) is 5.92 Å². The minimum atomic E-state index is -0.0117. The van der Waals surface area contributed by atoms with Gasteiger partial charge < -0.3 is 10.6 Å². The average Bonchev–Trinajstić information content (AvgIpc) is 2.66. The number of nitrogens with zero attached hydrogens (tertiary/aromatic N) is 2. The molecule has 0 aliphatic carbocycles. The van der Waals surface area contributed by atoms with Crippen molar-refractivity contribution in [3.63, 3.8) is 0 Å². The molecular weight excluding hydrogens is 246 g/mol. The van der Waals surface area contributed by atoms with Crippen LogP contribution < -0.4 is 5.73 Å². The van der Waals surface area contributed by atoms with Crippen molar-refractivity contribution < 1.29 is 4.79 Å². The van der Waals surface area contributed by atoms with E-state index in [-0.39, 0.29) is 5.91 Å². The van der Waals surface area contributed by atoms with Crippen molar-refractivity contribution in [1.29, 1.82) is 0 Å². The lowest BCUT2D eigenvalue weighted by Crippen LogP contribution is -2.30. The Kier molecular flexibility index (Phi) is 3.52. The van der Waals surface area contributed by atoms with E-state index in [4.69, 9.17) is 5.73 Å². The van der Waals surface area contributed by atoms with E-state index < -0.39 is 0 Å². The zero-order valence-corrected chi connectivity index (χ0v) is 11.6. The van der Waals surface area contributed by atoms with Crippen LogP contribution in [0.3, 0.4) is 0 Å². The number of rotatable bonds is 3. The van der Waals surface area contributed by atoms with Gasteiger partial charge in [-0.15, -0.1) is 11.3 Å². The van der Waals surface area contributed by atoms with Gasteiger partial charge in [-0.3, -0.25) is 9.78 Å². The Balaban J connectivity index is 2.36. The molecule has 2 aromatic heterocycles. The molecule has 18 heavy (non-hydrogen) atoms. The third kappa shape index (κ3) is 2.31. The van der Waals surface area contributed by atoms with Gasteiger partial charge in [0.05, 0.1) is 10.4 Å². The molecule has 2 N–H and O–H groups in total. The molecular formula is C13H17N3OS. The van der Waals surface area contributed by atoms with Crippen LogP contribution in [-0.4, -0.2) is 29.4 Å². The molecule has 0 atom stereocenters. The summed E-state index contributed by atoms with van der Waals surface area (Å²) >= 11 is 1.41. The number of carbonyl (C=O) groups excluding carboxylic acids is 1. The summed E-state index contributed by atoms with van der Waals surface area (Å²) in [6.45, 7) is 4.90. The van der Waals surface area contributed by atoms with E-state index in [1.165, 1.54) is 11.3 Å². The van der Waals surface area contributed by atoms with Crippen molar-refractivity contribution in [3.05, 3.63) is 23.3 Å². The van der Waals surface area contributed by atoms with Gasteiger partial charge in [-0.1, -0.05) is 13.8 Å². The van der Waals surface area contributed by atoms with Crippen LogP contribution in [0.25, 0.3) is 10.1 Å². The molecule has 0 saturated heterocycles. The van der Waals surface area contributed by atoms with Crippen LogP contribution in [0.1, 0.15) is 23.5 Å². The first-order valence-electron chi connectivity index (χ1n) is 5.88. The fraction of sp³-hybridized carbons (Fsp3) is 0.385. The van der Waals surface area contributed by atoms with Crippen molar-refractivity contribution >= 4 is 33.0 Å². The number of nitrogen functional groups attached to an aromatic ring is 1. The molecule has 2 aromatic rings. The lowest BCUT2D eigenvalue weighted by molar-refractivity contribution is 0.0785. The van der Waals surface area contributed by atoms with Crippen LogP contribution in [0.15, 0.2) is 18.5 Å². The minimum Gasteiger partial charge on any atom is -0.397 e. The predicted molar refractivity (Wildman–Crippen MR) is 75.8 cm³/mol. The Labute approximate surface area is 110 Å². The maximum absolute atomic E-state index is 12.3. The molecule has 0 aliphatic rings. The molecule has 0 aliphatic heterocycles. The molecule has 2 rings (SSSR count). The lowest BCUT2D eigenvalue weighted by atomic mass is 10.2. The van der Waals surface area contributed by atoms with Crippen LogP contribution in [0.4, 0.5) is 5.69 Å². The zero-order valence-electron chi connectivity index (χ0n) is 10.8. The van der Waals surface area contributed by atoms with E-state index in [1.54, 1.807) is 17.3 Å². The highest BCUT2D eigenvalue weighted by Crippen LogP contribution is 2.33. The summed E-state index contributed by atoms with van der Waals surface area (Å²) in [6, 6.07) is 1.85. The SMILES string of the molecule is CC(C)CN(C)C(=O)c1sc2cnccc2c1N. The monoisotopic (exact) mass is 263 g/mol. The van der Waals surface area contributed by atoms with Crippen molar-refractivity contribution in [3.8, 4) is 0 Å². The summed E-state index contributed by atoms with van der Waals surface area (Å²) in [4.78, 5) is 18.7. The third-order valence-electron chi connectivity index (χ3n) is 2.71. The van der Waals surface area contributed by atoms with E-state index in [0.717, 1.165) is 16.6 Å². The highest BCUT2D eigenvalue weighted by atomic mass is 32.1. The molecule has 0 bridgehead atoms. The van der Waals surface area contributed by atoms with Crippen molar-refractivity contribution in [2.45, 2.75) is 13.8 Å². The molecule has 96 valence electrons. The summed E-state index contributed by atoms with van der Waals surface area (Å²) in [5.74, 6) is 0.429. The van der Waals surface area contributed by atoms with Gasteiger partial charge in [0.2, 0.25) is 0 Å². The second-order valence-electron chi connectivity index (χ2n) is 4.80. The van der Waals surface area contributed by atoms with Gasteiger partial charge in [-0.25, -0.2) is 0 Å². The van der Waals surface area contributed by atoms with E-state index in [9.17, 15) is 4.79 Å². The third-order valence-corrected chi connectivity index (χ3v) is 3.86. The number of nitrogens with two attached hydrogens (primary N) is 1. The van der Waals surface area contributed by atoms with E-state index in [2.05, 4.69) is 18.8 Å². The second-order valence-corrected chi connectivity index (χ2v) is 5.85. The minimum absolute atomic E-state index is 0.0117. The van der Waals surface area contributed by atoms with Crippen molar-refractivity contribution in [2.75, 3.05) is 19.3 Å². The standard InChI is InChI=1S/C13H17N3OS/c1-8(2)7-16(3)13(17)12-11(14)9-4-5-15-6-10(9)18-12/h4-6,8H,7,14H2,1-3H3. The lowest BCUT2D eigenvalue weighted by Gasteiger charge is -2.18. The Morgan fingerprint density at radius 3 is 2.89 bits per heavy atom. The fourth-order valence-corrected chi connectivity index (χ4v) is 3.02. The smallest absolute Gasteiger partial charge is 0.265 e. The number of pyridine rings is 1. The molecule has 2 heterocycles. The number of fused-ring (bicyclic) bond motifs is 1. The van der Waals surface area contributed by atoms with Gasteiger partial charge in [0.25, 0.3) is 5.91 Å². The molecule has 5 heteroatoms. The first kappa shape index (κ1) is 12.8. The van der Waals surface area contributed by atoms with Gasteiger partial charge in [-0.05, 0) is 12.0 Å². The predicted octanol–water partition coefficient (Wildman–Crippen LogP) is 2.61. The Morgan fingerprint density at radius 1 is 1.56 bits per heavy atom. The molecule has 0 radical (unpaired) electrons. The molecule has 0 fully saturated rings. The number of aromatic nitrogens is 1. The summed E-state index contributed by atoms with van der Waals surface area (Å²) < 4.78 is 0.955. The number of carbonyl (C=O) groups is 1. The molecule has 0 saturated carbocycles. The Morgan fingerprint density at radius 2 is 2.28 bits per heavy atom. The molecule has 0 aromatic carbocycles. The average molecular weight is 263 g/mol. The van der Waals surface area contributed by atoms with Crippen LogP contribution >= 0.6 is 11.3 Å². The number of amides is 1. The maximum Gasteiger partial charge on any atom is 0.265 e. The normalized spacial score (nSPS) is 11.1. The zero-order chi connectivity index (χ0) is 13.3. The number of hydrogen-bond acceptors (Lipinski definition) is 4. The summed E-state index contributed by atoms with van der Waals surface area (Å²) in [6.07, 6.45) is 3.44. The van der Waals surface area contributed by atoms with E-state index in [0.29, 0.717) is 16.5 Å². The highest BCUT2D eigenvalue weighted by molar-refractivity contribution is 7.21. The summed E-state index contributed by atoms with van der Waals surface area (Å²) in [5, 5.41) is 0.913. The number of hydrogen-bond donors (Lipinski definition) is 1. The number of thiophene rings is 1. The topological polar surface area (TPSA) is 59.2 Å². The molecule has 0 unspecified atom stereocenters. The van der Waals surface area contributed by atoms with Gasteiger partial charge >= 0.3 is 0 Å². The fourth-order valence-electron chi connectivity index (χ4n) is 1.93.